The summed E-state index contributed by atoms with van der Waals surface area (Å²) in [5.74, 6) is 0.271. The van der Waals surface area contributed by atoms with Crippen LogP contribution < -0.4 is 10.1 Å². The molecule has 0 bridgehead atoms. The second kappa shape index (κ2) is 8.17. The fraction of sp³-hybridized carbons (Fsp3) is 0.478. The molecule has 1 spiro atoms. The van der Waals surface area contributed by atoms with Gasteiger partial charge in [-0.15, -0.1) is 0 Å². The SMILES string of the molecule is CCn1nc(C)c(NC(=O)CN2CC[C@@]3(CCC2=O)CC(=O)c2ccccc2O3)c1C. The van der Waals surface area contributed by atoms with Crippen molar-refractivity contribution < 1.29 is 19.1 Å². The Morgan fingerprint density at radius 1 is 1.23 bits per heavy atom. The van der Waals surface area contributed by atoms with E-state index in [1.54, 1.807) is 17.0 Å². The normalized spacial score (nSPS) is 20.9. The van der Waals surface area contributed by atoms with Crippen molar-refractivity contribution >= 4 is 23.3 Å². The Morgan fingerprint density at radius 2 is 2.00 bits per heavy atom. The van der Waals surface area contributed by atoms with Gasteiger partial charge in [-0.25, -0.2) is 0 Å². The molecule has 2 aliphatic heterocycles. The van der Waals surface area contributed by atoms with E-state index in [1.807, 2.05) is 37.6 Å². The van der Waals surface area contributed by atoms with Gasteiger partial charge >= 0.3 is 0 Å². The average Bonchev–Trinajstić information content (AvgIpc) is 2.93. The summed E-state index contributed by atoms with van der Waals surface area (Å²) in [7, 11) is 0. The minimum absolute atomic E-state index is 0.0321. The van der Waals surface area contributed by atoms with Crippen molar-refractivity contribution in [1.29, 1.82) is 0 Å². The zero-order chi connectivity index (χ0) is 22.2. The minimum Gasteiger partial charge on any atom is -0.486 e. The van der Waals surface area contributed by atoms with Crippen LogP contribution >= 0.6 is 0 Å². The molecule has 2 aliphatic rings. The summed E-state index contributed by atoms with van der Waals surface area (Å²) in [4.78, 5) is 39.6. The zero-order valence-corrected chi connectivity index (χ0v) is 18.2. The molecule has 31 heavy (non-hydrogen) atoms. The molecule has 1 N–H and O–H groups in total. The Morgan fingerprint density at radius 3 is 2.74 bits per heavy atom. The largest absolute Gasteiger partial charge is 0.486 e. The standard InChI is InChI=1S/C23H28N4O4/c1-4-27-16(3)22(15(2)25-27)24-20(29)14-26-12-11-23(10-9-21(26)30)13-18(28)17-7-5-6-8-19(17)31-23/h5-8H,4,9-14H2,1-3H3,(H,24,29)/t23-/m0/s1. The number of anilines is 1. The maximum absolute atomic E-state index is 12.7. The topological polar surface area (TPSA) is 93.5 Å². The third kappa shape index (κ3) is 4.06. The van der Waals surface area contributed by atoms with Crippen molar-refractivity contribution in [2.75, 3.05) is 18.4 Å². The van der Waals surface area contributed by atoms with Gasteiger partial charge in [0.05, 0.1) is 35.6 Å². The van der Waals surface area contributed by atoms with Crippen LogP contribution in [0.25, 0.3) is 0 Å². The van der Waals surface area contributed by atoms with Crippen LogP contribution in [-0.4, -0.2) is 51.0 Å². The first-order chi connectivity index (χ1) is 14.8. The maximum Gasteiger partial charge on any atom is 0.244 e. The number of carbonyl (C=O) groups excluding carboxylic acids is 3. The van der Waals surface area contributed by atoms with Gasteiger partial charge in [0.1, 0.15) is 11.4 Å². The molecule has 1 fully saturated rings. The van der Waals surface area contributed by atoms with E-state index in [1.165, 1.54) is 0 Å². The maximum atomic E-state index is 12.7. The van der Waals surface area contributed by atoms with E-state index in [0.29, 0.717) is 36.4 Å². The predicted molar refractivity (Wildman–Crippen MR) is 115 cm³/mol. The number of carbonyl (C=O) groups is 3. The number of Topliss-reactive ketones (excluding diaryl/α,β-unsaturated/α-hetero) is 1. The van der Waals surface area contributed by atoms with E-state index in [2.05, 4.69) is 10.4 Å². The molecule has 2 aromatic rings. The Balaban J connectivity index is 1.44. The third-order valence-corrected chi connectivity index (χ3v) is 6.26. The lowest BCUT2D eigenvalue weighted by atomic mass is 9.84. The van der Waals surface area contributed by atoms with Crippen molar-refractivity contribution in [2.24, 2.45) is 0 Å². The number of ketones is 1. The molecule has 4 rings (SSSR count). The van der Waals surface area contributed by atoms with E-state index < -0.39 is 5.60 Å². The minimum atomic E-state index is -0.693. The number of amides is 2. The molecule has 0 radical (unpaired) electrons. The van der Waals surface area contributed by atoms with E-state index in [0.717, 1.165) is 17.9 Å². The number of fused-ring (bicyclic) bond motifs is 1. The number of para-hydroxylation sites is 1. The average molecular weight is 425 g/mol. The number of benzene rings is 1. The highest BCUT2D eigenvalue weighted by Gasteiger charge is 2.43. The van der Waals surface area contributed by atoms with E-state index >= 15 is 0 Å². The summed E-state index contributed by atoms with van der Waals surface area (Å²) in [6, 6.07) is 7.23. The summed E-state index contributed by atoms with van der Waals surface area (Å²) >= 11 is 0. The van der Waals surface area contributed by atoms with Crippen LogP contribution in [0.2, 0.25) is 0 Å². The second-order valence-corrected chi connectivity index (χ2v) is 8.36. The Bertz CT molecular complexity index is 1040. The number of ether oxygens (including phenoxy) is 1. The number of aryl methyl sites for hydroxylation is 2. The molecular weight excluding hydrogens is 396 g/mol. The van der Waals surface area contributed by atoms with Crippen molar-refractivity contribution in [3.05, 3.63) is 41.2 Å². The van der Waals surface area contributed by atoms with Gasteiger partial charge in [-0.2, -0.15) is 5.10 Å². The lowest BCUT2D eigenvalue weighted by Gasteiger charge is -2.37. The number of nitrogens with one attached hydrogen (secondary N) is 1. The van der Waals surface area contributed by atoms with Crippen LogP contribution in [0.3, 0.4) is 0 Å². The molecule has 0 unspecified atom stereocenters. The number of hydrogen-bond donors (Lipinski definition) is 1. The Labute approximate surface area is 181 Å². The lowest BCUT2D eigenvalue weighted by molar-refractivity contribution is -0.134. The summed E-state index contributed by atoms with van der Waals surface area (Å²) < 4.78 is 8.08. The highest BCUT2D eigenvalue weighted by molar-refractivity contribution is 6.00. The van der Waals surface area contributed by atoms with E-state index in [-0.39, 0.29) is 37.0 Å². The van der Waals surface area contributed by atoms with Crippen molar-refractivity contribution in [3.8, 4) is 5.75 Å². The quantitative estimate of drug-likeness (QED) is 0.815. The fourth-order valence-electron chi connectivity index (χ4n) is 4.51. The molecule has 3 heterocycles. The van der Waals surface area contributed by atoms with Crippen LogP contribution in [0.15, 0.2) is 24.3 Å². The van der Waals surface area contributed by atoms with Crippen LogP contribution in [0.1, 0.15) is 54.4 Å². The first kappa shape index (κ1) is 21.1. The van der Waals surface area contributed by atoms with Gasteiger partial charge in [-0.05, 0) is 39.3 Å². The Kier molecular flexibility index (Phi) is 5.56. The van der Waals surface area contributed by atoms with Gasteiger partial charge in [-0.1, -0.05) is 12.1 Å². The zero-order valence-electron chi connectivity index (χ0n) is 18.2. The monoisotopic (exact) mass is 424 g/mol. The summed E-state index contributed by atoms with van der Waals surface area (Å²) in [6.07, 6.45) is 1.48. The molecule has 0 saturated carbocycles. The van der Waals surface area contributed by atoms with Crippen molar-refractivity contribution in [3.63, 3.8) is 0 Å². The smallest absolute Gasteiger partial charge is 0.244 e. The number of aromatic nitrogens is 2. The fourth-order valence-corrected chi connectivity index (χ4v) is 4.51. The molecule has 1 atom stereocenters. The first-order valence-corrected chi connectivity index (χ1v) is 10.7. The molecule has 1 saturated heterocycles. The number of nitrogens with zero attached hydrogens (tertiary/aromatic N) is 3. The number of likely N-dealkylation sites (tertiary alicyclic amines) is 1. The number of rotatable bonds is 4. The van der Waals surface area contributed by atoms with Crippen molar-refractivity contribution in [2.45, 2.75) is 58.6 Å². The van der Waals surface area contributed by atoms with Gasteiger partial charge in [0.2, 0.25) is 11.8 Å². The van der Waals surface area contributed by atoms with Gasteiger partial charge < -0.3 is 15.0 Å². The summed E-state index contributed by atoms with van der Waals surface area (Å²) in [5.41, 5.74) is 2.24. The highest BCUT2D eigenvalue weighted by atomic mass is 16.5. The highest BCUT2D eigenvalue weighted by Crippen LogP contribution is 2.39. The summed E-state index contributed by atoms with van der Waals surface area (Å²) in [5, 5.41) is 7.33. The first-order valence-electron chi connectivity index (χ1n) is 10.7. The van der Waals surface area contributed by atoms with Gasteiger partial charge in [0, 0.05) is 25.9 Å². The lowest BCUT2D eigenvalue weighted by Crippen LogP contribution is -2.43. The molecule has 8 nitrogen and oxygen atoms in total. The van der Waals surface area contributed by atoms with Crippen LogP contribution in [-0.2, 0) is 16.1 Å². The second-order valence-electron chi connectivity index (χ2n) is 8.36. The molecule has 1 aromatic heterocycles. The number of hydrogen-bond acceptors (Lipinski definition) is 5. The molecule has 8 heteroatoms. The Hall–Kier alpha value is -3.16. The molecule has 0 aliphatic carbocycles. The molecule has 164 valence electrons. The van der Waals surface area contributed by atoms with Crippen LogP contribution in [0.4, 0.5) is 5.69 Å². The molecular formula is C23H28N4O4. The third-order valence-electron chi connectivity index (χ3n) is 6.26. The van der Waals surface area contributed by atoms with E-state index in [4.69, 9.17) is 4.74 Å². The van der Waals surface area contributed by atoms with Crippen LogP contribution in [0.5, 0.6) is 5.75 Å². The van der Waals surface area contributed by atoms with E-state index in [9.17, 15) is 14.4 Å². The van der Waals surface area contributed by atoms with Gasteiger partial charge in [0.25, 0.3) is 0 Å². The van der Waals surface area contributed by atoms with Crippen molar-refractivity contribution in [1.82, 2.24) is 14.7 Å². The van der Waals surface area contributed by atoms with Gasteiger partial charge in [0.15, 0.2) is 5.78 Å². The predicted octanol–water partition coefficient (Wildman–Crippen LogP) is 2.88. The molecule has 1 aromatic carbocycles. The summed E-state index contributed by atoms with van der Waals surface area (Å²) in [6.45, 7) is 6.81. The van der Waals surface area contributed by atoms with Gasteiger partial charge in [-0.3, -0.25) is 19.1 Å². The van der Waals surface area contributed by atoms with Crippen LogP contribution in [0, 0.1) is 13.8 Å². The molecule has 2 amide bonds.